The molecule has 1 saturated carbocycles. The first-order chi connectivity index (χ1) is 24.6. The van der Waals surface area contributed by atoms with E-state index in [9.17, 15) is 5.26 Å². The normalized spacial score (nSPS) is 20.8. The second-order valence-corrected chi connectivity index (χ2v) is 13.4. The predicted octanol–water partition coefficient (Wildman–Crippen LogP) is 10.2. The van der Waals surface area contributed by atoms with Crippen molar-refractivity contribution in [3.8, 4) is 28.3 Å². The zero-order valence-corrected chi connectivity index (χ0v) is 29.8. The Morgan fingerprint density at radius 2 is 1.55 bits per heavy atom. The molecule has 5 heterocycles. The Labute approximate surface area is 305 Å². The number of nitriles is 1. The van der Waals surface area contributed by atoms with Crippen LogP contribution in [-0.2, 0) is 20.1 Å². The molecule has 49 heavy (non-hydrogen) atoms. The van der Waals surface area contributed by atoms with Gasteiger partial charge in [0.2, 0.25) is 5.82 Å². The molecule has 0 amide bonds. The average molecular weight is 818 g/mol. The first-order valence-corrected chi connectivity index (χ1v) is 16.4. The molecule has 5 nitrogen and oxygen atoms in total. The third kappa shape index (κ3) is 5.72. The number of nitrogens with zero attached hydrogens (tertiary/aromatic N) is 5. The first kappa shape index (κ1) is 29.1. The molecule has 6 heteroatoms. The van der Waals surface area contributed by atoms with Gasteiger partial charge in [-0.3, -0.25) is 0 Å². The van der Waals surface area contributed by atoms with E-state index in [-0.39, 0.29) is 31.6 Å². The van der Waals surface area contributed by atoms with Crippen molar-refractivity contribution in [1.82, 2.24) is 14.4 Å². The Balaban J connectivity index is 0.000000207. The van der Waals surface area contributed by atoms with Crippen LogP contribution in [0.15, 0.2) is 109 Å². The zero-order chi connectivity index (χ0) is 35.4. The number of rotatable bonds is 3. The van der Waals surface area contributed by atoms with Crippen molar-refractivity contribution < 1.29 is 24.2 Å². The number of anilines is 1. The zero-order valence-electron chi connectivity index (χ0n) is 30.4. The van der Waals surface area contributed by atoms with Crippen molar-refractivity contribution in [2.45, 2.75) is 51.9 Å². The first-order valence-electron chi connectivity index (χ1n) is 17.9. The van der Waals surface area contributed by atoms with Crippen molar-refractivity contribution in [2.75, 3.05) is 4.90 Å². The smallest absolute Gasteiger partial charge is 0.537 e. The summed E-state index contributed by atoms with van der Waals surface area (Å²) in [6.07, 6.45) is 7.02. The molecule has 0 N–H and O–H groups in total. The van der Waals surface area contributed by atoms with Crippen molar-refractivity contribution in [3.63, 3.8) is 0 Å². The van der Waals surface area contributed by atoms with Crippen LogP contribution < -0.4 is 4.90 Å². The van der Waals surface area contributed by atoms with Gasteiger partial charge in [-0.2, -0.15) is 35.6 Å². The third-order valence-electron chi connectivity index (χ3n) is 10.2. The third-order valence-corrected chi connectivity index (χ3v) is 10.2. The van der Waals surface area contributed by atoms with Gasteiger partial charge in [-0.15, -0.1) is 40.8 Å². The van der Waals surface area contributed by atoms with Crippen LogP contribution >= 0.6 is 0 Å². The van der Waals surface area contributed by atoms with Gasteiger partial charge in [0.1, 0.15) is 6.07 Å². The van der Waals surface area contributed by atoms with Crippen molar-refractivity contribution >= 4 is 33.0 Å². The van der Waals surface area contributed by atoms with Crippen LogP contribution in [-0.4, -0.2) is 19.9 Å². The maximum atomic E-state index is 9.83. The number of piperidine rings is 2. The molecule has 3 aromatic heterocycles. The van der Waals surface area contributed by atoms with Gasteiger partial charge in [-0.05, 0) is 71.4 Å². The van der Waals surface area contributed by atoms with Gasteiger partial charge in [0, 0.05) is 15.8 Å². The second kappa shape index (κ2) is 12.9. The van der Waals surface area contributed by atoms with Crippen LogP contribution in [0.3, 0.4) is 0 Å². The average Bonchev–Trinajstić information content (AvgIpc) is 3.57. The molecule has 0 radical (unpaired) electrons. The van der Waals surface area contributed by atoms with Crippen molar-refractivity contribution in [2.24, 2.45) is 5.41 Å². The number of hydrogen-bond donors (Lipinski definition) is 0. The van der Waals surface area contributed by atoms with Crippen LogP contribution in [0.4, 0.5) is 5.69 Å². The van der Waals surface area contributed by atoms with E-state index in [0.29, 0.717) is 38.3 Å². The topological polar surface area (TPSA) is 57.2 Å². The molecule has 3 fully saturated rings. The minimum atomic E-state index is -2.51. The Morgan fingerprint density at radius 3 is 2.27 bits per heavy atom. The summed E-state index contributed by atoms with van der Waals surface area (Å²) in [5, 5.41) is 11.2. The van der Waals surface area contributed by atoms with E-state index in [1.807, 2.05) is 66.7 Å². The van der Waals surface area contributed by atoms with E-state index in [1.54, 1.807) is 22.7 Å². The van der Waals surface area contributed by atoms with Crippen LogP contribution in [0.1, 0.15) is 55.2 Å². The van der Waals surface area contributed by atoms with Gasteiger partial charge in [-0.1, -0.05) is 74.4 Å². The molecule has 2 bridgehead atoms. The Kier molecular flexibility index (Phi) is 7.67. The second-order valence-electron chi connectivity index (χ2n) is 13.4. The summed E-state index contributed by atoms with van der Waals surface area (Å²) >= 11 is 0. The number of aryl methyl sites for hydroxylation is 1. The summed E-state index contributed by atoms with van der Waals surface area (Å²) in [7, 11) is 0. The number of fused-ring (bicyclic) bond motifs is 9. The van der Waals surface area contributed by atoms with Gasteiger partial charge in [0.25, 0.3) is 0 Å². The van der Waals surface area contributed by atoms with Crippen LogP contribution in [0.5, 0.6) is 0 Å². The summed E-state index contributed by atoms with van der Waals surface area (Å²) in [6, 6.07) is 42.5. The molecular weight excluding hydrogens is 779 g/mol. The monoisotopic (exact) mass is 818 g/mol. The molecule has 4 aromatic carbocycles. The minimum Gasteiger partial charge on any atom is -0.537 e. The molecule has 7 aromatic rings. The van der Waals surface area contributed by atoms with Crippen molar-refractivity contribution in [1.29, 1.82) is 5.26 Å². The Morgan fingerprint density at radius 1 is 0.837 bits per heavy atom. The maximum Gasteiger partial charge on any atom is 3.00 e. The van der Waals surface area contributed by atoms with E-state index >= 15 is 0 Å². The van der Waals surface area contributed by atoms with E-state index in [1.165, 1.54) is 31.4 Å². The number of imidazole rings is 1. The van der Waals surface area contributed by atoms with E-state index < -0.39 is 6.85 Å². The molecule has 2 aliphatic heterocycles. The molecule has 3 aliphatic rings. The number of pyridine rings is 2. The minimum absolute atomic E-state index is 0. The van der Waals surface area contributed by atoms with Gasteiger partial charge >= 0.3 is 20.1 Å². The van der Waals surface area contributed by atoms with E-state index in [2.05, 4.69) is 77.7 Å². The van der Waals surface area contributed by atoms with E-state index in [4.69, 9.17) is 4.11 Å². The fourth-order valence-corrected chi connectivity index (χ4v) is 7.46. The summed E-state index contributed by atoms with van der Waals surface area (Å²) in [6.45, 7) is 4.72. The van der Waals surface area contributed by atoms with Crippen LogP contribution in [0.25, 0.3) is 49.6 Å². The molecule has 0 spiro atoms. The molecule has 1 aliphatic carbocycles. The Bertz CT molecular complexity index is 2430. The van der Waals surface area contributed by atoms with Crippen molar-refractivity contribution in [3.05, 3.63) is 140 Å². The number of aromatic nitrogens is 3. The summed E-state index contributed by atoms with van der Waals surface area (Å²) < 4.78 is 26.1. The number of para-hydroxylation sites is 1. The van der Waals surface area contributed by atoms with Gasteiger partial charge in [0.05, 0.1) is 11.2 Å². The van der Waals surface area contributed by atoms with Crippen LogP contribution in [0, 0.1) is 42.3 Å². The fraction of sp³-hybridized carbons (Fsp3) is 0.209. The summed E-state index contributed by atoms with van der Waals surface area (Å²) in [5.41, 5.74) is 7.41. The molecule has 2 saturated heterocycles. The van der Waals surface area contributed by atoms with Gasteiger partial charge < -0.3 is 14.3 Å². The van der Waals surface area contributed by atoms with Gasteiger partial charge in [0.15, 0.2) is 0 Å². The number of hydrogen-bond acceptors (Lipinski definition) is 4. The summed E-state index contributed by atoms with van der Waals surface area (Å²) in [5.74, 6) is 0.0202. The predicted molar refractivity (Wildman–Crippen MR) is 194 cm³/mol. The number of benzene rings is 4. The van der Waals surface area contributed by atoms with Gasteiger partial charge in [-0.25, -0.2) is 11.5 Å². The van der Waals surface area contributed by atoms with Crippen LogP contribution in [0.2, 0.25) is 0 Å². The molecule has 0 atom stereocenters. The fourth-order valence-electron chi connectivity index (χ4n) is 7.46. The SMILES string of the molecule is CC12[CH-]N(c3[c-]cccc3)C(C)(CC1)CC2.[2H]C([2H])([2H])c1nc(C#N)n2c3ccc[c-]c3c3nccc(-c4ccc(-c5ccccc5)cc4)c3c12.[Ir+3]. The molecule has 0 unspecified atom stereocenters. The molecular formula is C43H36IrN5. The van der Waals surface area contributed by atoms with E-state index in [0.717, 1.165) is 22.3 Å². The molecule has 10 rings (SSSR count). The quantitative estimate of drug-likeness (QED) is 0.132. The largest absolute Gasteiger partial charge is 3.00 e. The Hall–Kier alpha value is -4.82. The summed E-state index contributed by atoms with van der Waals surface area (Å²) in [4.78, 5) is 11.4. The molecule has 242 valence electrons. The standard InChI is InChI=1S/C28H17N4.C15H19N.Ir/c1-18-28-26-22(21-13-11-20(12-14-21)19-7-3-2-4-8-19)15-16-30-27(26)23-9-5-6-10-24(23)32(28)25(17-29)31-18;1-14-8-10-15(2,11-9-14)16(12-14)13-6-4-3-5-7-13;/h2-8,10-16H,1H3;3-6,12H,8-11H2,1-2H3;/q-1;-2;+3/i1D3;;. The maximum absolute atomic E-state index is 9.83.